The molecule has 2 rings (SSSR count). The summed E-state index contributed by atoms with van der Waals surface area (Å²) in [5, 5.41) is 6.13. The number of hydrogen-bond acceptors (Lipinski definition) is 7. The third-order valence-corrected chi connectivity index (χ3v) is 4.06. The van der Waals surface area contributed by atoms with Crippen molar-refractivity contribution in [2.24, 2.45) is 0 Å². The Bertz CT molecular complexity index is 795. The molecule has 0 aliphatic rings. The number of rotatable bonds is 10. The molecule has 0 aliphatic carbocycles. The van der Waals surface area contributed by atoms with Gasteiger partial charge in [-0.15, -0.1) is 0 Å². The zero-order valence-corrected chi connectivity index (χ0v) is 17.2. The van der Waals surface area contributed by atoms with E-state index < -0.39 is 0 Å². The lowest BCUT2D eigenvalue weighted by Crippen LogP contribution is -2.28. The first-order chi connectivity index (χ1) is 13.4. The second-order valence-electron chi connectivity index (χ2n) is 6.64. The predicted molar refractivity (Wildman–Crippen MR) is 109 cm³/mol. The molecule has 0 fully saturated rings. The second kappa shape index (κ2) is 10.5. The molecule has 8 heteroatoms. The van der Waals surface area contributed by atoms with Crippen molar-refractivity contribution in [2.75, 3.05) is 46.7 Å². The van der Waals surface area contributed by atoms with E-state index in [-0.39, 0.29) is 5.91 Å². The summed E-state index contributed by atoms with van der Waals surface area (Å²) in [7, 11) is 7.22. The van der Waals surface area contributed by atoms with Gasteiger partial charge in [0.05, 0.1) is 14.2 Å². The third kappa shape index (κ3) is 6.38. The van der Waals surface area contributed by atoms with Crippen LogP contribution in [-0.4, -0.2) is 62.2 Å². The number of nitrogens with one attached hydrogen (secondary N) is 2. The van der Waals surface area contributed by atoms with Gasteiger partial charge in [-0.2, -0.15) is 0 Å². The van der Waals surface area contributed by atoms with Gasteiger partial charge in [-0.1, -0.05) is 6.07 Å². The highest BCUT2D eigenvalue weighted by Gasteiger charge is 2.11. The molecule has 1 aromatic carbocycles. The Morgan fingerprint density at radius 2 is 1.86 bits per heavy atom. The fourth-order valence-corrected chi connectivity index (χ4v) is 2.65. The average molecular weight is 387 g/mol. The summed E-state index contributed by atoms with van der Waals surface area (Å²) < 4.78 is 10.6. The summed E-state index contributed by atoms with van der Waals surface area (Å²) in [5.74, 6) is 2.28. The van der Waals surface area contributed by atoms with Crippen molar-refractivity contribution in [3.05, 3.63) is 41.3 Å². The minimum atomic E-state index is -0.196. The summed E-state index contributed by atoms with van der Waals surface area (Å²) >= 11 is 0. The number of aromatic nitrogens is 2. The van der Waals surface area contributed by atoms with Gasteiger partial charge in [0.2, 0.25) is 0 Å². The van der Waals surface area contributed by atoms with Gasteiger partial charge in [0.1, 0.15) is 17.3 Å². The lowest BCUT2D eigenvalue weighted by atomic mass is 10.2. The van der Waals surface area contributed by atoms with Crippen LogP contribution in [0.5, 0.6) is 11.5 Å². The number of aryl methyl sites for hydroxylation is 1. The van der Waals surface area contributed by atoms with Gasteiger partial charge in [-0.3, -0.25) is 4.79 Å². The van der Waals surface area contributed by atoms with Crippen LogP contribution in [0.2, 0.25) is 0 Å². The maximum Gasteiger partial charge on any atom is 0.270 e. The number of amides is 1. The fourth-order valence-electron chi connectivity index (χ4n) is 2.65. The molecule has 2 N–H and O–H groups in total. The topological polar surface area (TPSA) is 88.6 Å². The maximum absolute atomic E-state index is 12.3. The van der Waals surface area contributed by atoms with Crippen LogP contribution in [-0.2, 0) is 6.54 Å². The molecule has 0 saturated carbocycles. The highest BCUT2D eigenvalue weighted by Crippen LogP contribution is 2.27. The van der Waals surface area contributed by atoms with Crippen LogP contribution in [0.25, 0.3) is 0 Å². The number of carbonyl (C=O) groups excluding carboxylic acids is 1. The van der Waals surface area contributed by atoms with Crippen molar-refractivity contribution >= 4 is 11.7 Å². The normalized spacial score (nSPS) is 10.6. The molecule has 2 aromatic rings. The SMILES string of the molecule is COc1ccc(CNc2cc(C(=O)NCCCN(C)C)nc(C)n2)cc1OC. The molecule has 28 heavy (non-hydrogen) atoms. The molecule has 0 aliphatic heterocycles. The van der Waals surface area contributed by atoms with Crippen molar-refractivity contribution in [2.45, 2.75) is 19.9 Å². The van der Waals surface area contributed by atoms with Crippen LogP contribution < -0.4 is 20.1 Å². The average Bonchev–Trinajstić information content (AvgIpc) is 2.68. The molecule has 1 amide bonds. The summed E-state index contributed by atoms with van der Waals surface area (Å²) in [6.07, 6.45) is 0.882. The first-order valence-corrected chi connectivity index (χ1v) is 9.16. The van der Waals surface area contributed by atoms with E-state index in [1.807, 2.05) is 32.3 Å². The van der Waals surface area contributed by atoms with Gasteiger partial charge in [-0.25, -0.2) is 9.97 Å². The molecular weight excluding hydrogens is 358 g/mol. The monoisotopic (exact) mass is 387 g/mol. The van der Waals surface area contributed by atoms with E-state index in [0.29, 0.717) is 41.9 Å². The van der Waals surface area contributed by atoms with E-state index in [9.17, 15) is 4.79 Å². The minimum absolute atomic E-state index is 0.196. The van der Waals surface area contributed by atoms with Crippen molar-refractivity contribution in [1.29, 1.82) is 0 Å². The Labute approximate surface area is 166 Å². The van der Waals surface area contributed by atoms with Crippen LogP contribution >= 0.6 is 0 Å². The summed E-state index contributed by atoms with van der Waals surface area (Å²) in [5.41, 5.74) is 1.36. The van der Waals surface area contributed by atoms with Crippen molar-refractivity contribution < 1.29 is 14.3 Å². The van der Waals surface area contributed by atoms with Crippen LogP contribution in [0.15, 0.2) is 24.3 Å². The first-order valence-electron chi connectivity index (χ1n) is 9.16. The highest BCUT2D eigenvalue weighted by molar-refractivity contribution is 5.92. The van der Waals surface area contributed by atoms with Crippen LogP contribution in [0.3, 0.4) is 0 Å². The highest BCUT2D eigenvalue weighted by atomic mass is 16.5. The van der Waals surface area contributed by atoms with Crippen LogP contribution in [0, 0.1) is 6.92 Å². The molecule has 0 atom stereocenters. The molecule has 8 nitrogen and oxygen atoms in total. The minimum Gasteiger partial charge on any atom is -0.493 e. The standard InChI is InChI=1S/C20H29N5O3/c1-14-23-16(20(26)21-9-6-10-25(2)3)12-19(24-14)22-13-15-7-8-17(27-4)18(11-15)28-5/h7-8,11-12H,6,9-10,13H2,1-5H3,(H,21,26)(H,22,23,24). The van der Waals surface area contributed by atoms with Crippen LogP contribution in [0.4, 0.5) is 5.82 Å². The number of benzene rings is 1. The lowest BCUT2D eigenvalue weighted by Gasteiger charge is -2.12. The molecule has 1 aromatic heterocycles. The molecule has 0 unspecified atom stereocenters. The Kier molecular flexibility index (Phi) is 8.01. The molecule has 0 radical (unpaired) electrons. The van der Waals surface area contributed by atoms with Gasteiger partial charge in [0, 0.05) is 19.2 Å². The summed E-state index contributed by atoms with van der Waals surface area (Å²) in [4.78, 5) is 23.0. The van der Waals surface area contributed by atoms with Gasteiger partial charge >= 0.3 is 0 Å². The Morgan fingerprint density at radius 3 is 2.54 bits per heavy atom. The number of methoxy groups -OCH3 is 2. The Morgan fingerprint density at radius 1 is 1.11 bits per heavy atom. The third-order valence-electron chi connectivity index (χ3n) is 4.06. The summed E-state index contributed by atoms with van der Waals surface area (Å²) in [6, 6.07) is 7.36. The Hall–Kier alpha value is -2.87. The number of ether oxygens (including phenoxy) is 2. The number of hydrogen-bond donors (Lipinski definition) is 2. The Balaban J connectivity index is 2.00. The predicted octanol–water partition coefficient (Wildman–Crippen LogP) is 2.10. The summed E-state index contributed by atoms with van der Waals surface area (Å²) in [6.45, 7) is 3.82. The molecule has 1 heterocycles. The van der Waals surface area contributed by atoms with E-state index in [1.54, 1.807) is 27.2 Å². The molecule has 152 valence electrons. The van der Waals surface area contributed by atoms with E-state index in [0.717, 1.165) is 18.5 Å². The van der Waals surface area contributed by atoms with E-state index in [1.165, 1.54) is 0 Å². The van der Waals surface area contributed by atoms with Gasteiger partial charge in [-0.05, 0) is 51.7 Å². The number of carbonyl (C=O) groups is 1. The second-order valence-corrected chi connectivity index (χ2v) is 6.64. The van der Waals surface area contributed by atoms with Gasteiger partial charge in [0.25, 0.3) is 5.91 Å². The van der Waals surface area contributed by atoms with Gasteiger partial charge < -0.3 is 25.0 Å². The molecule has 0 saturated heterocycles. The van der Waals surface area contributed by atoms with Gasteiger partial charge in [0.15, 0.2) is 11.5 Å². The largest absolute Gasteiger partial charge is 0.493 e. The maximum atomic E-state index is 12.3. The number of nitrogens with zero attached hydrogens (tertiary/aromatic N) is 3. The zero-order valence-electron chi connectivity index (χ0n) is 17.2. The molecule has 0 spiro atoms. The zero-order chi connectivity index (χ0) is 20.5. The van der Waals surface area contributed by atoms with Crippen LogP contribution in [0.1, 0.15) is 28.3 Å². The lowest BCUT2D eigenvalue weighted by molar-refractivity contribution is 0.0947. The molecular formula is C20H29N5O3. The van der Waals surface area contributed by atoms with Crippen molar-refractivity contribution in [3.63, 3.8) is 0 Å². The van der Waals surface area contributed by atoms with E-state index >= 15 is 0 Å². The van der Waals surface area contributed by atoms with Crippen molar-refractivity contribution in [1.82, 2.24) is 20.2 Å². The fraction of sp³-hybridized carbons (Fsp3) is 0.450. The van der Waals surface area contributed by atoms with E-state index in [4.69, 9.17) is 9.47 Å². The molecule has 0 bridgehead atoms. The smallest absolute Gasteiger partial charge is 0.270 e. The van der Waals surface area contributed by atoms with Crippen molar-refractivity contribution in [3.8, 4) is 11.5 Å². The quantitative estimate of drug-likeness (QED) is 0.604. The van der Waals surface area contributed by atoms with E-state index in [2.05, 4.69) is 25.5 Å². The first kappa shape index (κ1) is 21.4. The number of anilines is 1.